The van der Waals surface area contributed by atoms with Gasteiger partial charge < -0.3 is 15.0 Å². The molecule has 0 saturated carbocycles. The minimum Gasteiger partial charge on any atom is -0.465 e. The van der Waals surface area contributed by atoms with Crippen molar-refractivity contribution in [3.63, 3.8) is 0 Å². The molecule has 174 valence electrons. The monoisotopic (exact) mass is 472 g/mol. The van der Waals surface area contributed by atoms with Gasteiger partial charge in [-0.25, -0.2) is 22.6 Å². The molecule has 0 amide bonds. The Morgan fingerprint density at radius 2 is 2.00 bits per heavy atom. The van der Waals surface area contributed by atoms with Gasteiger partial charge in [0.15, 0.2) is 0 Å². The highest BCUT2D eigenvalue weighted by Crippen LogP contribution is 2.32. The minimum absolute atomic E-state index is 0.0649. The van der Waals surface area contributed by atoms with Crippen molar-refractivity contribution in [2.45, 2.75) is 24.3 Å². The summed E-state index contributed by atoms with van der Waals surface area (Å²) < 4.78 is 48.2. The molecule has 0 aliphatic carbocycles. The molecule has 1 saturated heterocycles. The zero-order valence-electron chi connectivity index (χ0n) is 18.2. The van der Waals surface area contributed by atoms with Crippen LogP contribution in [0.5, 0.6) is 0 Å². The average Bonchev–Trinajstić information content (AvgIpc) is 3.49. The highest BCUT2D eigenvalue weighted by molar-refractivity contribution is 7.89. The predicted octanol–water partition coefficient (Wildman–Crippen LogP) is 3.09. The Labute approximate surface area is 191 Å². The van der Waals surface area contributed by atoms with Crippen LogP contribution in [-0.4, -0.2) is 55.0 Å². The fourth-order valence-electron chi connectivity index (χ4n) is 4.00. The zero-order chi connectivity index (χ0) is 23.6. The van der Waals surface area contributed by atoms with E-state index in [-0.39, 0.29) is 23.5 Å². The minimum atomic E-state index is -3.62. The summed E-state index contributed by atoms with van der Waals surface area (Å²) in [4.78, 5) is 16.9. The SMILES string of the molecule is COC(=O)c1cc(-c2cccc(S(=O)(=O)N3CCCC3)c2)c2ncn(C/C(F)=C/CN)c2c1. The van der Waals surface area contributed by atoms with E-state index in [4.69, 9.17) is 10.5 Å². The molecule has 8 nitrogen and oxygen atoms in total. The number of carbonyl (C=O) groups is 1. The van der Waals surface area contributed by atoms with Gasteiger partial charge in [-0.3, -0.25) is 0 Å². The number of hydrogen-bond donors (Lipinski definition) is 1. The van der Waals surface area contributed by atoms with Gasteiger partial charge in [-0.05, 0) is 48.7 Å². The van der Waals surface area contributed by atoms with Crippen molar-refractivity contribution in [2.75, 3.05) is 26.7 Å². The first-order valence-corrected chi connectivity index (χ1v) is 12.0. The first-order valence-electron chi connectivity index (χ1n) is 10.6. The molecule has 0 bridgehead atoms. The topological polar surface area (TPSA) is 108 Å². The molecule has 2 N–H and O–H groups in total. The molecule has 2 aromatic carbocycles. The summed E-state index contributed by atoms with van der Waals surface area (Å²) in [6, 6.07) is 9.75. The number of aromatic nitrogens is 2. The number of fused-ring (bicyclic) bond motifs is 1. The van der Waals surface area contributed by atoms with Crippen LogP contribution in [0.2, 0.25) is 0 Å². The second-order valence-electron chi connectivity index (χ2n) is 7.78. The van der Waals surface area contributed by atoms with Crippen LogP contribution < -0.4 is 5.73 Å². The van der Waals surface area contributed by atoms with E-state index < -0.39 is 21.8 Å². The van der Waals surface area contributed by atoms with Crippen LogP contribution in [0.3, 0.4) is 0 Å². The lowest BCUT2D eigenvalue weighted by molar-refractivity contribution is 0.0601. The Hall–Kier alpha value is -3.08. The summed E-state index contributed by atoms with van der Waals surface area (Å²) in [7, 11) is -2.35. The zero-order valence-corrected chi connectivity index (χ0v) is 19.0. The van der Waals surface area contributed by atoms with Gasteiger partial charge in [0.25, 0.3) is 0 Å². The molecular formula is C23H25FN4O4S. The number of hydrogen-bond acceptors (Lipinski definition) is 6. The van der Waals surface area contributed by atoms with E-state index in [9.17, 15) is 17.6 Å². The van der Waals surface area contributed by atoms with Crippen LogP contribution in [0.25, 0.3) is 22.2 Å². The third-order valence-corrected chi connectivity index (χ3v) is 7.55. The van der Waals surface area contributed by atoms with Crippen molar-refractivity contribution < 1.29 is 22.3 Å². The summed E-state index contributed by atoms with van der Waals surface area (Å²) in [6.07, 6.45) is 4.42. The molecule has 1 aliphatic rings. The van der Waals surface area contributed by atoms with Crippen LogP contribution >= 0.6 is 0 Å². The van der Waals surface area contributed by atoms with E-state index in [1.807, 2.05) is 0 Å². The fraction of sp³-hybridized carbons (Fsp3) is 0.304. The largest absolute Gasteiger partial charge is 0.465 e. The van der Waals surface area contributed by atoms with Crippen LogP contribution in [0.4, 0.5) is 4.39 Å². The second-order valence-corrected chi connectivity index (χ2v) is 9.72. The molecule has 1 fully saturated rings. The number of nitrogens with two attached hydrogens (primary N) is 1. The number of benzene rings is 2. The number of ether oxygens (including phenoxy) is 1. The average molecular weight is 473 g/mol. The molecule has 0 spiro atoms. The molecule has 4 rings (SSSR count). The van der Waals surface area contributed by atoms with Crippen molar-refractivity contribution in [3.05, 3.63) is 60.2 Å². The second kappa shape index (κ2) is 9.42. The van der Waals surface area contributed by atoms with Gasteiger partial charge in [0.2, 0.25) is 10.0 Å². The molecule has 10 heteroatoms. The number of nitrogens with zero attached hydrogens (tertiary/aromatic N) is 3. The van der Waals surface area contributed by atoms with E-state index in [2.05, 4.69) is 4.98 Å². The molecule has 0 radical (unpaired) electrons. The number of rotatable bonds is 7. The Morgan fingerprint density at radius 1 is 1.24 bits per heavy atom. The lowest BCUT2D eigenvalue weighted by Crippen LogP contribution is -2.27. The van der Waals surface area contributed by atoms with Crippen LogP contribution in [0, 0.1) is 0 Å². The Bertz CT molecular complexity index is 1330. The first kappa shape index (κ1) is 23.1. The van der Waals surface area contributed by atoms with Crippen molar-refractivity contribution in [1.82, 2.24) is 13.9 Å². The summed E-state index contributed by atoms with van der Waals surface area (Å²) in [5.41, 5.74) is 7.80. The number of carbonyl (C=O) groups excluding carboxylic acids is 1. The Morgan fingerprint density at radius 3 is 2.70 bits per heavy atom. The number of methoxy groups -OCH3 is 1. The third kappa shape index (κ3) is 4.54. The molecule has 1 aromatic heterocycles. The van der Waals surface area contributed by atoms with E-state index >= 15 is 0 Å². The lowest BCUT2D eigenvalue weighted by Gasteiger charge is -2.16. The van der Waals surface area contributed by atoms with Crippen molar-refractivity contribution >= 4 is 27.0 Å². The summed E-state index contributed by atoms with van der Waals surface area (Å²) in [6.45, 7) is 0.971. The van der Waals surface area contributed by atoms with Gasteiger partial charge in [0, 0.05) is 25.2 Å². The van der Waals surface area contributed by atoms with Crippen molar-refractivity contribution in [1.29, 1.82) is 0 Å². The predicted molar refractivity (Wildman–Crippen MR) is 123 cm³/mol. The quantitative estimate of drug-likeness (QED) is 0.530. The van der Waals surface area contributed by atoms with Gasteiger partial charge in [0.1, 0.15) is 5.83 Å². The number of allylic oxidation sites excluding steroid dienone is 1. The number of imidazole rings is 1. The van der Waals surface area contributed by atoms with Crippen molar-refractivity contribution in [3.8, 4) is 11.1 Å². The third-order valence-electron chi connectivity index (χ3n) is 5.66. The molecule has 0 unspecified atom stereocenters. The Balaban J connectivity index is 1.86. The lowest BCUT2D eigenvalue weighted by atomic mass is 10.0. The van der Waals surface area contributed by atoms with Crippen LogP contribution in [-0.2, 0) is 21.3 Å². The Kier molecular flexibility index (Phi) is 6.59. The highest BCUT2D eigenvalue weighted by atomic mass is 32.2. The van der Waals surface area contributed by atoms with Gasteiger partial charge in [0.05, 0.1) is 41.5 Å². The summed E-state index contributed by atoms with van der Waals surface area (Å²) in [5.74, 6) is -0.995. The van der Waals surface area contributed by atoms with Gasteiger partial charge in [-0.1, -0.05) is 12.1 Å². The van der Waals surface area contributed by atoms with E-state index in [1.165, 1.54) is 23.8 Å². The molecule has 33 heavy (non-hydrogen) atoms. The molecule has 2 heterocycles. The van der Waals surface area contributed by atoms with Gasteiger partial charge >= 0.3 is 5.97 Å². The van der Waals surface area contributed by atoms with Crippen LogP contribution in [0.15, 0.2) is 59.5 Å². The number of sulfonamides is 1. The molecule has 1 aliphatic heterocycles. The number of halogens is 1. The summed E-state index contributed by atoms with van der Waals surface area (Å²) >= 11 is 0. The van der Waals surface area contributed by atoms with Crippen LogP contribution in [0.1, 0.15) is 23.2 Å². The normalized spacial score (nSPS) is 15.3. The first-order chi connectivity index (χ1) is 15.8. The maximum Gasteiger partial charge on any atom is 0.337 e. The number of esters is 1. The van der Waals surface area contributed by atoms with Crippen molar-refractivity contribution in [2.24, 2.45) is 5.73 Å². The van der Waals surface area contributed by atoms with E-state index in [0.717, 1.165) is 12.8 Å². The van der Waals surface area contributed by atoms with Gasteiger partial charge in [-0.2, -0.15) is 4.31 Å². The molecule has 3 aromatic rings. The summed E-state index contributed by atoms with van der Waals surface area (Å²) in [5, 5.41) is 0. The fourth-order valence-corrected chi connectivity index (χ4v) is 5.57. The van der Waals surface area contributed by atoms with E-state index in [1.54, 1.807) is 41.0 Å². The van der Waals surface area contributed by atoms with Gasteiger partial charge in [-0.15, -0.1) is 0 Å². The molecular weight excluding hydrogens is 447 g/mol. The smallest absolute Gasteiger partial charge is 0.337 e. The maximum absolute atomic E-state index is 14.1. The van der Waals surface area contributed by atoms with E-state index in [0.29, 0.717) is 35.2 Å². The maximum atomic E-state index is 14.1. The standard InChI is InChI=1S/C23H25FN4O4S/c1-32-23(29)17-12-20(22-21(13-17)27(15-26-22)14-18(24)7-8-25)16-5-4-6-19(11-16)33(30,31)28-9-2-3-10-28/h4-7,11-13,15H,2-3,8-10,14,25H2,1H3/b18-7-. The highest BCUT2D eigenvalue weighted by Gasteiger charge is 2.27. The molecule has 0 atom stereocenters.